The van der Waals surface area contributed by atoms with Crippen LogP contribution in [0.5, 0.6) is 0 Å². The van der Waals surface area contributed by atoms with Crippen LogP contribution in [0, 0.1) is 12.3 Å². The summed E-state index contributed by atoms with van der Waals surface area (Å²) in [6.45, 7) is 6.69. The normalized spacial score (nSPS) is 17.8. The number of nitrogen functional groups attached to an aromatic ring is 1. The van der Waals surface area contributed by atoms with E-state index in [1.54, 1.807) is 0 Å². The van der Waals surface area contributed by atoms with Crippen LogP contribution in [-0.2, 0) is 11.3 Å². The van der Waals surface area contributed by atoms with E-state index in [2.05, 4.69) is 22.4 Å². The lowest BCUT2D eigenvalue weighted by molar-refractivity contribution is 0.0138. The lowest BCUT2D eigenvalue weighted by Crippen LogP contribution is -2.31. The first-order valence-electron chi connectivity index (χ1n) is 7.28. The van der Waals surface area contributed by atoms with E-state index in [0.717, 1.165) is 55.2 Å². The number of anilines is 1. The summed E-state index contributed by atoms with van der Waals surface area (Å²) in [7, 11) is 0. The molecule has 0 atom stereocenters. The summed E-state index contributed by atoms with van der Waals surface area (Å²) >= 11 is 0. The fourth-order valence-corrected chi connectivity index (χ4v) is 2.78. The van der Waals surface area contributed by atoms with E-state index in [1.807, 2.05) is 29.8 Å². The van der Waals surface area contributed by atoms with Crippen molar-refractivity contribution in [3.8, 4) is 11.4 Å². The number of nitrogens with two attached hydrogens (primary N) is 1. The van der Waals surface area contributed by atoms with E-state index < -0.39 is 0 Å². The molecule has 3 rings (SSSR count). The van der Waals surface area contributed by atoms with Gasteiger partial charge in [-0.25, -0.2) is 4.68 Å². The third-order valence-electron chi connectivity index (χ3n) is 4.38. The summed E-state index contributed by atoms with van der Waals surface area (Å²) in [5, 5.41) is 12.2. The van der Waals surface area contributed by atoms with Crippen LogP contribution in [0.4, 0.5) is 5.69 Å². The van der Waals surface area contributed by atoms with Crippen LogP contribution in [-0.4, -0.2) is 33.4 Å². The highest BCUT2D eigenvalue weighted by atomic mass is 16.5. The standard InChI is InChI=1S/C15H21N5O/c1-11-12(4-3-5-13(11)16)14-17-18-19-20(14)10-15(2)6-8-21-9-7-15/h3-5H,6-10,16H2,1-2H3. The van der Waals surface area contributed by atoms with Crippen molar-refractivity contribution in [2.75, 3.05) is 18.9 Å². The highest BCUT2D eigenvalue weighted by molar-refractivity contribution is 5.67. The molecule has 1 fully saturated rings. The average Bonchev–Trinajstić information content (AvgIpc) is 2.90. The van der Waals surface area contributed by atoms with Crippen molar-refractivity contribution in [2.24, 2.45) is 5.41 Å². The van der Waals surface area contributed by atoms with Crippen molar-refractivity contribution in [1.82, 2.24) is 20.2 Å². The highest BCUT2D eigenvalue weighted by Crippen LogP contribution is 2.33. The van der Waals surface area contributed by atoms with Crippen LogP contribution in [0.25, 0.3) is 11.4 Å². The number of nitrogens with zero attached hydrogens (tertiary/aromatic N) is 4. The van der Waals surface area contributed by atoms with E-state index in [1.165, 1.54) is 0 Å². The Bertz CT molecular complexity index is 631. The Morgan fingerprint density at radius 2 is 2.10 bits per heavy atom. The zero-order valence-corrected chi connectivity index (χ0v) is 12.5. The number of benzene rings is 1. The number of rotatable bonds is 3. The largest absolute Gasteiger partial charge is 0.398 e. The van der Waals surface area contributed by atoms with Gasteiger partial charge in [-0.15, -0.1) is 5.10 Å². The molecule has 1 aromatic heterocycles. The van der Waals surface area contributed by atoms with Gasteiger partial charge < -0.3 is 10.5 Å². The number of hydrogen-bond donors (Lipinski definition) is 1. The maximum absolute atomic E-state index is 5.99. The number of ether oxygens (including phenoxy) is 1. The minimum atomic E-state index is 0.177. The van der Waals surface area contributed by atoms with Gasteiger partial charge in [-0.2, -0.15) is 0 Å². The fourth-order valence-electron chi connectivity index (χ4n) is 2.78. The first kappa shape index (κ1) is 14.0. The van der Waals surface area contributed by atoms with Crippen molar-refractivity contribution >= 4 is 5.69 Å². The molecule has 2 N–H and O–H groups in total. The quantitative estimate of drug-likeness (QED) is 0.874. The van der Waals surface area contributed by atoms with E-state index in [0.29, 0.717) is 0 Å². The van der Waals surface area contributed by atoms with Crippen LogP contribution in [0.15, 0.2) is 18.2 Å². The Labute approximate surface area is 124 Å². The maximum atomic E-state index is 5.99. The van der Waals surface area contributed by atoms with Gasteiger partial charge in [0, 0.05) is 24.5 Å². The summed E-state index contributed by atoms with van der Waals surface area (Å²) in [5.41, 5.74) is 8.95. The SMILES string of the molecule is Cc1c(N)cccc1-c1nnnn1CC1(C)CCOCC1. The molecule has 112 valence electrons. The van der Waals surface area contributed by atoms with Gasteiger partial charge >= 0.3 is 0 Å². The molecule has 0 radical (unpaired) electrons. The second-order valence-corrected chi connectivity index (χ2v) is 6.10. The molecule has 0 unspecified atom stereocenters. The van der Waals surface area contributed by atoms with Gasteiger partial charge in [-0.1, -0.05) is 19.1 Å². The Morgan fingerprint density at radius 1 is 1.33 bits per heavy atom. The van der Waals surface area contributed by atoms with E-state index >= 15 is 0 Å². The van der Waals surface area contributed by atoms with E-state index in [-0.39, 0.29) is 5.41 Å². The first-order valence-corrected chi connectivity index (χ1v) is 7.28. The summed E-state index contributed by atoms with van der Waals surface area (Å²) in [5.74, 6) is 0.785. The Kier molecular flexibility index (Phi) is 3.63. The van der Waals surface area contributed by atoms with Crippen molar-refractivity contribution in [3.05, 3.63) is 23.8 Å². The topological polar surface area (TPSA) is 78.9 Å². The van der Waals surface area contributed by atoms with Crippen molar-refractivity contribution in [3.63, 3.8) is 0 Å². The molecule has 0 bridgehead atoms. The minimum absolute atomic E-state index is 0.177. The molecule has 0 saturated carbocycles. The maximum Gasteiger partial charge on any atom is 0.182 e. The summed E-state index contributed by atoms with van der Waals surface area (Å²) in [4.78, 5) is 0. The van der Waals surface area contributed by atoms with Crippen LogP contribution in [0.2, 0.25) is 0 Å². The van der Waals surface area contributed by atoms with Crippen LogP contribution in [0.3, 0.4) is 0 Å². The molecule has 0 amide bonds. The van der Waals surface area contributed by atoms with Crippen molar-refractivity contribution in [1.29, 1.82) is 0 Å². The molecule has 1 saturated heterocycles. The Hall–Kier alpha value is -1.95. The fraction of sp³-hybridized carbons (Fsp3) is 0.533. The van der Waals surface area contributed by atoms with E-state index in [4.69, 9.17) is 10.5 Å². The molecule has 1 aromatic carbocycles. The Balaban J connectivity index is 1.92. The van der Waals surface area contributed by atoms with E-state index in [9.17, 15) is 0 Å². The Morgan fingerprint density at radius 3 is 2.86 bits per heavy atom. The van der Waals surface area contributed by atoms with Gasteiger partial charge in [0.05, 0.1) is 6.54 Å². The molecule has 2 aromatic rings. The lowest BCUT2D eigenvalue weighted by atomic mass is 9.82. The molecule has 0 aliphatic carbocycles. The predicted octanol–water partition coefficient (Wildman–Crippen LogP) is 2.05. The molecular formula is C15H21N5O. The molecule has 1 aliphatic rings. The van der Waals surface area contributed by atoms with Crippen molar-refractivity contribution < 1.29 is 4.74 Å². The van der Waals surface area contributed by atoms with Crippen LogP contribution >= 0.6 is 0 Å². The second-order valence-electron chi connectivity index (χ2n) is 6.10. The molecule has 21 heavy (non-hydrogen) atoms. The minimum Gasteiger partial charge on any atom is -0.398 e. The van der Waals surface area contributed by atoms with Crippen LogP contribution in [0.1, 0.15) is 25.3 Å². The van der Waals surface area contributed by atoms with Gasteiger partial charge in [0.1, 0.15) is 0 Å². The lowest BCUT2D eigenvalue weighted by Gasteiger charge is -2.33. The average molecular weight is 287 g/mol. The third kappa shape index (κ3) is 2.76. The molecule has 2 heterocycles. The molecule has 1 aliphatic heterocycles. The number of tetrazole rings is 1. The van der Waals surface area contributed by atoms with Gasteiger partial charge in [0.25, 0.3) is 0 Å². The number of aromatic nitrogens is 4. The monoisotopic (exact) mass is 287 g/mol. The molecule has 6 nitrogen and oxygen atoms in total. The second kappa shape index (κ2) is 5.44. The van der Waals surface area contributed by atoms with Crippen LogP contribution < -0.4 is 5.73 Å². The molecule has 0 spiro atoms. The summed E-state index contributed by atoms with van der Waals surface area (Å²) < 4.78 is 7.35. The van der Waals surface area contributed by atoms with Crippen molar-refractivity contribution in [2.45, 2.75) is 33.2 Å². The zero-order valence-electron chi connectivity index (χ0n) is 12.5. The number of hydrogen-bond acceptors (Lipinski definition) is 5. The van der Waals surface area contributed by atoms with Gasteiger partial charge in [-0.05, 0) is 47.2 Å². The van der Waals surface area contributed by atoms with Gasteiger partial charge in [0.15, 0.2) is 5.82 Å². The third-order valence-corrected chi connectivity index (χ3v) is 4.38. The highest BCUT2D eigenvalue weighted by Gasteiger charge is 2.29. The summed E-state index contributed by atoms with van der Waals surface area (Å²) in [6.07, 6.45) is 2.06. The van der Waals surface area contributed by atoms with Gasteiger partial charge in [0.2, 0.25) is 0 Å². The molecular weight excluding hydrogens is 266 g/mol. The zero-order chi connectivity index (χ0) is 14.9. The first-order chi connectivity index (χ1) is 10.1. The summed E-state index contributed by atoms with van der Waals surface area (Å²) in [6, 6.07) is 5.85. The van der Waals surface area contributed by atoms with Gasteiger partial charge in [-0.3, -0.25) is 0 Å². The smallest absolute Gasteiger partial charge is 0.182 e. The molecule has 6 heteroatoms. The predicted molar refractivity (Wildman–Crippen MR) is 80.6 cm³/mol.